The number of aromatic nitrogens is 2. The van der Waals surface area contributed by atoms with E-state index in [1.54, 1.807) is 23.7 Å². The number of hydrogen-bond acceptors (Lipinski definition) is 4. The number of fused-ring (bicyclic) bond motifs is 1. The van der Waals surface area contributed by atoms with Crippen LogP contribution in [0.15, 0.2) is 48.1 Å². The van der Waals surface area contributed by atoms with E-state index in [1.165, 1.54) is 11.6 Å². The molecule has 0 amide bonds. The summed E-state index contributed by atoms with van der Waals surface area (Å²) in [7, 11) is 0. The van der Waals surface area contributed by atoms with Crippen molar-refractivity contribution < 1.29 is 4.39 Å². The van der Waals surface area contributed by atoms with E-state index in [2.05, 4.69) is 20.9 Å². The number of rotatable bonds is 2. The number of anilines is 1. The van der Waals surface area contributed by atoms with Crippen LogP contribution < -0.4 is 4.90 Å². The van der Waals surface area contributed by atoms with Crippen LogP contribution in [0.5, 0.6) is 0 Å². The van der Waals surface area contributed by atoms with Gasteiger partial charge in [0.25, 0.3) is 0 Å². The standard InChI is InChI=1S/C17H14FN3S/c18-14-4-3-12-5-6-21(10-13(12)8-14)17-9-15(19-11-20-17)16-2-1-7-22-16/h1-4,7-9,11H,5-6,10H2. The second-order valence-electron chi connectivity index (χ2n) is 5.32. The number of halogens is 1. The highest BCUT2D eigenvalue weighted by Gasteiger charge is 2.18. The molecular weight excluding hydrogens is 297 g/mol. The fraction of sp³-hybridized carbons (Fsp3) is 0.176. The number of thiophene rings is 1. The van der Waals surface area contributed by atoms with Gasteiger partial charge in [-0.25, -0.2) is 14.4 Å². The second kappa shape index (κ2) is 5.50. The molecule has 110 valence electrons. The molecular formula is C17H14FN3S. The molecule has 0 N–H and O–H groups in total. The molecule has 1 aliphatic rings. The summed E-state index contributed by atoms with van der Waals surface area (Å²) < 4.78 is 13.4. The molecule has 0 unspecified atom stereocenters. The zero-order valence-electron chi connectivity index (χ0n) is 11.9. The van der Waals surface area contributed by atoms with Crippen LogP contribution in [0.1, 0.15) is 11.1 Å². The summed E-state index contributed by atoms with van der Waals surface area (Å²) in [5.41, 5.74) is 3.21. The van der Waals surface area contributed by atoms with Gasteiger partial charge >= 0.3 is 0 Å². The van der Waals surface area contributed by atoms with E-state index in [1.807, 2.05) is 23.6 Å². The van der Waals surface area contributed by atoms with Gasteiger partial charge in [0, 0.05) is 19.2 Å². The Labute approximate surface area is 132 Å². The van der Waals surface area contributed by atoms with Crippen molar-refractivity contribution >= 4 is 17.2 Å². The average molecular weight is 311 g/mol. The van der Waals surface area contributed by atoms with Crippen LogP contribution in [0.25, 0.3) is 10.6 Å². The molecule has 5 heteroatoms. The summed E-state index contributed by atoms with van der Waals surface area (Å²) >= 11 is 1.66. The molecule has 3 heterocycles. The Morgan fingerprint density at radius 3 is 2.91 bits per heavy atom. The Bertz CT molecular complexity index is 801. The quantitative estimate of drug-likeness (QED) is 0.718. The molecule has 0 bridgehead atoms. The van der Waals surface area contributed by atoms with Gasteiger partial charge in [0.1, 0.15) is 18.0 Å². The highest BCUT2D eigenvalue weighted by atomic mass is 32.1. The summed E-state index contributed by atoms with van der Waals surface area (Å²) in [4.78, 5) is 12.1. The minimum Gasteiger partial charge on any atom is -0.352 e. The van der Waals surface area contributed by atoms with E-state index >= 15 is 0 Å². The van der Waals surface area contributed by atoms with Crippen molar-refractivity contribution in [2.24, 2.45) is 0 Å². The van der Waals surface area contributed by atoms with Gasteiger partial charge in [0.15, 0.2) is 0 Å². The maximum Gasteiger partial charge on any atom is 0.132 e. The lowest BCUT2D eigenvalue weighted by molar-refractivity contribution is 0.618. The van der Waals surface area contributed by atoms with Gasteiger partial charge in [-0.05, 0) is 41.1 Å². The van der Waals surface area contributed by atoms with Crippen LogP contribution in [0.2, 0.25) is 0 Å². The topological polar surface area (TPSA) is 29.0 Å². The van der Waals surface area contributed by atoms with Crippen molar-refractivity contribution in [2.75, 3.05) is 11.4 Å². The minimum absolute atomic E-state index is 0.178. The van der Waals surface area contributed by atoms with Crippen molar-refractivity contribution in [1.82, 2.24) is 9.97 Å². The van der Waals surface area contributed by atoms with Crippen molar-refractivity contribution in [1.29, 1.82) is 0 Å². The Morgan fingerprint density at radius 2 is 2.05 bits per heavy atom. The average Bonchev–Trinajstić information content (AvgIpc) is 3.09. The molecule has 3 nitrogen and oxygen atoms in total. The van der Waals surface area contributed by atoms with E-state index in [-0.39, 0.29) is 5.82 Å². The van der Waals surface area contributed by atoms with E-state index in [0.717, 1.165) is 34.9 Å². The third-order valence-electron chi connectivity index (χ3n) is 3.93. The molecule has 0 aliphatic carbocycles. The third kappa shape index (κ3) is 2.48. The van der Waals surface area contributed by atoms with Gasteiger partial charge in [0.2, 0.25) is 0 Å². The predicted molar refractivity (Wildman–Crippen MR) is 86.5 cm³/mol. The lowest BCUT2D eigenvalue weighted by Gasteiger charge is -2.29. The SMILES string of the molecule is Fc1ccc2c(c1)CN(c1cc(-c3cccs3)ncn1)CC2. The Morgan fingerprint density at radius 1 is 1.09 bits per heavy atom. The summed E-state index contributed by atoms with van der Waals surface area (Å²) in [5.74, 6) is 0.718. The lowest BCUT2D eigenvalue weighted by atomic mass is 10.00. The van der Waals surface area contributed by atoms with Crippen LogP contribution in [0.4, 0.5) is 10.2 Å². The van der Waals surface area contributed by atoms with Crippen molar-refractivity contribution in [2.45, 2.75) is 13.0 Å². The first-order chi connectivity index (χ1) is 10.8. The van der Waals surface area contributed by atoms with E-state index in [4.69, 9.17) is 0 Å². The molecule has 0 fully saturated rings. The maximum atomic E-state index is 13.4. The molecule has 4 rings (SSSR count). The molecule has 2 aromatic heterocycles. The molecule has 1 aromatic carbocycles. The third-order valence-corrected chi connectivity index (χ3v) is 4.82. The monoisotopic (exact) mass is 311 g/mol. The number of nitrogens with zero attached hydrogens (tertiary/aromatic N) is 3. The van der Waals surface area contributed by atoms with Gasteiger partial charge in [-0.3, -0.25) is 0 Å². The molecule has 0 saturated heterocycles. The highest BCUT2D eigenvalue weighted by molar-refractivity contribution is 7.13. The van der Waals surface area contributed by atoms with Gasteiger partial charge in [0.05, 0.1) is 10.6 Å². The molecule has 0 radical (unpaired) electrons. The molecule has 0 spiro atoms. The molecule has 3 aromatic rings. The van der Waals surface area contributed by atoms with Gasteiger partial charge in [-0.2, -0.15) is 0 Å². The first kappa shape index (κ1) is 13.4. The fourth-order valence-electron chi connectivity index (χ4n) is 2.80. The number of benzene rings is 1. The smallest absolute Gasteiger partial charge is 0.132 e. The van der Waals surface area contributed by atoms with E-state index in [9.17, 15) is 4.39 Å². The first-order valence-corrected chi connectivity index (χ1v) is 8.06. The lowest BCUT2D eigenvalue weighted by Crippen LogP contribution is -2.31. The summed E-state index contributed by atoms with van der Waals surface area (Å²) in [6.45, 7) is 1.58. The molecule has 22 heavy (non-hydrogen) atoms. The minimum atomic E-state index is -0.178. The maximum absolute atomic E-state index is 13.4. The zero-order chi connectivity index (χ0) is 14.9. The van der Waals surface area contributed by atoms with Crippen LogP contribution >= 0.6 is 11.3 Å². The summed E-state index contributed by atoms with van der Waals surface area (Å²) in [5, 5.41) is 2.04. The van der Waals surface area contributed by atoms with E-state index < -0.39 is 0 Å². The van der Waals surface area contributed by atoms with Gasteiger partial charge in [-0.15, -0.1) is 11.3 Å². The first-order valence-electron chi connectivity index (χ1n) is 7.18. The Kier molecular flexibility index (Phi) is 3.35. The van der Waals surface area contributed by atoms with E-state index in [0.29, 0.717) is 6.54 Å². The van der Waals surface area contributed by atoms with Crippen LogP contribution in [-0.4, -0.2) is 16.5 Å². The Hall–Kier alpha value is -2.27. The van der Waals surface area contributed by atoms with Crippen molar-refractivity contribution in [3.05, 3.63) is 65.0 Å². The van der Waals surface area contributed by atoms with Crippen LogP contribution in [0.3, 0.4) is 0 Å². The van der Waals surface area contributed by atoms with Crippen LogP contribution in [-0.2, 0) is 13.0 Å². The fourth-order valence-corrected chi connectivity index (χ4v) is 3.49. The summed E-state index contributed by atoms with van der Waals surface area (Å²) in [6, 6.07) is 11.1. The van der Waals surface area contributed by atoms with Crippen molar-refractivity contribution in [3.8, 4) is 10.6 Å². The molecule has 0 atom stereocenters. The largest absolute Gasteiger partial charge is 0.352 e. The van der Waals surface area contributed by atoms with Gasteiger partial charge < -0.3 is 4.90 Å². The van der Waals surface area contributed by atoms with Gasteiger partial charge in [-0.1, -0.05) is 12.1 Å². The Balaban J connectivity index is 1.65. The van der Waals surface area contributed by atoms with Crippen LogP contribution in [0, 0.1) is 5.82 Å². The number of hydrogen-bond donors (Lipinski definition) is 0. The molecule has 0 saturated carbocycles. The highest BCUT2D eigenvalue weighted by Crippen LogP contribution is 2.28. The molecule has 1 aliphatic heterocycles. The predicted octanol–water partition coefficient (Wildman–Crippen LogP) is 3.91. The normalized spacial score (nSPS) is 14.0. The zero-order valence-corrected chi connectivity index (χ0v) is 12.7. The van der Waals surface area contributed by atoms with Crippen molar-refractivity contribution in [3.63, 3.8) is 0 Å². The second-order valence-corrected chi connectivity index (χ2v) is 6.27. The summed E-state index contributed by atoms with van der Waals surface area (Å²) in [6.07, 6.45) is 2.51.